The molecule has 1 aromatic carbocycles. The van der Waals surface area contributed by atoms with Crippen molar-refractivity contribution in [2.45, 2.75) is 32.5 Å². The number of nitrogens with one attached hydrogen (secondary N) is 1. The minimum atomic E-state index is -0.581. The van der Waals surface area contributed by atoms with Crippen molar-refractivity contribution in [2.75, 3.05) is 25.1 Å². The van der Waals surface area contributed by atoms with Crippen molar-refractivity contribution in [3.63, 3.8) is 0 Å². The first-order valence-corrected chi connectivity index (χ1v) is 9.61. The second-order valence-electron chi connectivity index (χ2n) is 7.37. The van der Waals surface area contributed by atoms with Crippen LogP contribution in [0.4, 0.5) is 15.3 Å². The zero-order valence-electron chi connectivity index (χ0n) is 16.5. The molecule has 1 fully saturated rings. The fraction of sp³-hybridized carbons (Fsp3) is 0.500. The Hall–Kier alpha value is -2.75. The average molecular weight is 408 g/mol. The van der Waals surface area contributed by atoms with Crippen molar-refractivity contribution in [3.05, 3.63) is 23.0 Å². The van der Waals surface area contributed by atoms with Crippen molar-refractivity contribution < 1.29 is 23.9 Å². The molecule has 1 saturated heterocycles. The molecule has 28 heavy (non-hydrogen) atoms. The number of carbonyl (C=O) groups is 2. The highest BCUT2D eigenvalue weighted by molar-refractivity contribution is 7.16. The minimum Gasteiger partial charge on any atom is -0.444 e. The Labute approximate surface area is 166 Å². The van der Waals surface area contributed by atoms with Gasteiger partial charge in [0, 0.05) is 12.7 Å². The van der Waals surface area contributed by atoms with Gasteiger partial charge in [0.2, 0.25) is 4.80 Å². The molecule has 1 N–H and O–H groups in total. The van der Waals surface area contributed by atoms with Crippen LogP contribution < -0.4 is 15.0 Å². The van der Waals surface area contributed by atoms with E-state index in [1.165, 1.54) is 18.4 Å². The SMILES string of the molecule is CON=c1sc2cc(N3C[C@H](CNC(=O)OC(C)(C)C)OC3=O)ccc2n1C. The Kier molecular flexibility index (Phi) is 5.50. The summed E-state index contributed by atoms with van der Waals surface area (Å²) in [5.41, 5.74) is 1.13. The molecule has 0 saturated carbocycles. The molecule has 0 unspecified atom stereocenters. The summed E-state index contributed by atoms with van der Waals surface area (Å²) >= 11 is 1.46. The standard InChI is InChI=1S/C18H24N4O5S/c1-18(2,3)27-16(23)19-9-12-10-22(17(24)26-12)11-6-7-13-14(8-11)28-15(20-25-5)21(13)4/h6-8,12H,9-10H2,1-5H3,(H,19,23)/t12-/m0/s1. The van der Waals surface area contributed by atoms with Crippen LogP contribution in [0.25, 0.3) is 10.2 Å². The summed E-state index contributed by atoms with van der Waals surface area (Å²) in [5, 5.41) is 6.62. The number of fused-ring (bicyclic) bond motifs is 1. The second kappa shape index (κ2) is 7.70. The van der Waals surface area contributed by atoms with Crippen LogP contribution in [0.2, 0.25) is 0 Å². The molecule has 0 radical (unpaired) electrons. The van der Waals surface area contributed by atoms with Crippen LogP contribution >= 0.6 is 11.3 Å². The third kappa shape index (κ3) is 4.38. The van der Waals surface area contributed by atoms with Gasteiger partial charge < -0.3 is 24.2 Å². The summed E-state index contributed by atoms with van der Waals surface area (Å²) in [5.74, 6) is 0. The Balaban J connectivity index is 1.70. The summed E-state index contributed by atoms with van der Waals surface area (Å²) in [7, 11) is 3.40. The van der Waals surface area contributed by atoms with Gasteiger partial charge in [0.1, 0.15) is 18.8 Å². The molecule has 10 heteroatoms. The van der Waals surface area contributed by atoms with E-state index < -0.39 is 23.9 Å². The highest BCUT2D eigenvalue weighted by atomic mass is 32.1. The number of hydrogen-bond donors (Lipinski definition) is 1. The van der Waals surface area contributed by atoms with Crippen LogP contribution in [-0.2, 0) is 21.4 Å². The average Bonchev–Trinajstić information content (AvgIpc) is 3.12. The van der Waals surface area contributed by atoms with Crippen LogP contribution in [0.15, 0.2) is 23.4 Å². The molecule has 1 atom stereocenters. The molecule has 3 rings (SSSR count). The molecule has 0 spiro atoms. The van der Waals surface area contributed by atoms with E-state index in [0.29, 0.717) is 6.54 Å². The molecule has 2 amide bonds. The number of nitrogens with zero attached hydrogens (tertiary/aromatic N) is 3. The number of aromatic nitrogens is 1. The number of amides is 2. The number of aryl methyl sites for hydroxylation is 1. The highest BCUT2D eigenvalue weighted by Gasteiger charge is 2.33. The van der Waals surface area contributed by atoms with Crippen molar-refractivity contribution in [2.24, 2.45) is 12.2 Å². The van der Waals surface area contributed by atoms with Gasteiger partial charge in [-0.1, -0.05) is 16.5 Å². The highest BCUT2D eigenvalue weighted by Crippen LogP contribution is 2.27. The number of benzene rings is 1. The monoisotopic (exact) mass is 408 g/mol. The second-order valence-corrected chi connectivity index (χ2v) is 8.38. The number of thiazole rings is 1. The fourth-order valence-electron chi connectivity index (χ4n) is 2.81. The summed E-state index contributed by atoms with van der Waals surface area (Å²) in [6.45, 7) is 5.89. The third-order valence-corrected chi connectivity index (χ3v) is 5.10. The fourth-order valence-corrected chi connectivity index (χ4v) is 3.84. The summed E-state index contributed by atoms with van der Waals surface area (Å²) in [6.07, 6.45) is -1.43. The molecule has 0 aliphatic carbocycles. The molecule has 9 nitrogen and oxygen atoms in total. The lowest BCUT2D eigenvalue weighted by molar-refractivity contribution is 0.0496. The molecule has 1 aliphatic heterocycles. The lowest BCUT2D eigenvalue weighted by Crippen LogP contribution is -2.38. The van der Waals surface area contributed by atoms with Crippen LogP contribution in [-0.4, -0.2) is 48.7 Å². The number of alkyl carbamates (subject to hydrolysis) is 1. The number of carbonyl (C=O) groups excluding carboxylic acids is 2. The van der Waals surface area contributed by atoms with Crippen molar-refractivity contribution in [3.8, 4) is 0 Å². The van der Waals surface area contributed by atoms with Crippen LogP contribution in [0.1, 0.15) is 20.8 Å². The van der Waals surface area contributed by atoms with Gasteiger partial charge in [-0.05, 0) is 39.0 Å². The minimum absolute atomic E-state index is 0.185. The predicted octanol–water partition coefficient (Wildman–Crippen LogP) is 2.55. The Bertz CT molecular complexity index is 959. The van der Waals surface area contributed by atoms with E-state index in [1.54, 1.807) is 25.7 Å². The van der Waals surface area contributed by atoms with Gasteiger partial charge in [0.15, 0.2) is 0 Å². The molecule has 0 bridgehead atoms. The first kappa shape index (κ1) is 20.0. The Morgan fingerprint density at radius 1 is 1.43 bits per heavy atom. The van der Waals surface area contributed by atoms with E-state index in [9.17, 15) is 9.59 Å². The van der Waals surface area contributed by atoms with Crippen molar-refractivity contribution in [1.29, 1.82) is 0 Å². The van der Waals surface area contributed by atoms with Crippen LogP contribution in [0, 0.1) is 0 Å². The van der Waals surface area contributed by atoms with Gasteiger partial charge in [-0.2, -0.15) is 0 Å². The number of rotatable bonds is 4. The molecule has 2 heterocycles. The topological polar surface area (TPSA) is 94.4 Å². The smallest absolute Gasteiger partial charge is 0.414 e. The third-order valence-electron chi connectivity index (χ3n) is 4.02. The van der Waals surface area contributed by atoms with Gasteiger partial charge in [0.25, 0.3) is 0 Å². The molecule has 152 valence electrons. The van der Waals surface area contributed by atoms with E-state index >= 15 is 0 Å². The predicted molar refractivity (Wildman–Crippen MR) is 105 cm³/mol. The maximum absolute atomic E-state index is 12.3. The molecule has 1 aliphatic rings. The van der Waals surface area contributed by atoms with Gasteiger partial charge >= 0.3 is 12.2 Å². The molecule has 2 aromatic rings. The lowest BCUT2D eigenvalue weighted by atomic mass is 10.2. The van der Waals surface area contributed by atoms with Crippen LogP contribution in [0.5, 0.6) is 0 Å². The Morgan fingerprint density at radius 2 is 2.18 bits per heavy atom. The summed E-state index contributed by atoms with van der Waals surface area (Å²) < 4.78 is 13.4. The van der Waals surface area contributed by atoms with Crippen molar-refractivity contribution in [1.82, 2.24) is 9.88 Å². The van der Waals surface area contributed by atoms with Gasteiger partial charge in [-0.25, -0.2) is 9.59 Å². The van der Waals surface area contributed by atoms with Gasteiger partial charge in [-0.15, -0.1) is 0 Å². The normalized spacial score (nSPS) is 17.8. The van der Waals surface area contributed by atoms with Crippen molar-refractivity contribution >= 4 is 39.4 Å². The van der Waals surface area contributed by atoms with Gasteiger partial charge in [-0.3, -0.25) is 4.90 Å². The lowest BCUT2D eigenvalue weighted by Gasteiger charge is -2.20. The van der Waals surface area contributed by atoms with E-state index in [0.717, 1.165) is 20.7 Å². The quantitative estimate of drug-likeness (QED) is 0.785. The summed E-state index contributed by atoms with van der Waals surface area (Å²) in [6, 6.07) is 5.70. The van der Waals surface area contributed by atoms with Gasteiger partial charge in [0.05, 0.1) is 23.3 Å². The maximum atomic E-state index is 12.3. The largest absolute Gasteiger partial charge is 0.444 e. The number of anilines is 1. The Morgan fingerprint density at radius 3 is 2.86 bits per heavy atom. The molecule has 1 aromatic heterocycles. The first-order valence-electron chi connectivity index (χ1n) is 8.79. The number of cyclic esters (lactones) is 1. The molecular weight excluding hydrogens is 384 g/mol. The summed E-state index contributed by atoms with van der Waals surface area (Å²) in [4.78, 5) is 31.2. The van der Waals surface area contributed by atoms with E-state index in [4.69, 9.17) is 14.3 Å². The van der Waals surface area contributed by atoms with Crippen LogP contribution in [0.3, 0.4) is 0 Å². The number of ether oxygens (including phenoxy) is 2. The van der Waals surface area contributed by atoms with E-state index in [2.05, 4.69) is 10.5 Å². The maximum Gasteiger partial charge on any atom is 0.414 e. The zero-order valence-corrected chi connectivity index (χ0v) is 17.3. The van der Waals surface area contributed by atoms with E-state index in [1.807, 2.05) is 29.8 Å². The first-order chi connectivity index (χ1) is 13.2. The number of hydrogen-bond acceptors (Lipinski definition) is 7. The van der Waals surface area contributed by atoms with E-state index in [-0.39, 0.29) is 6.54 Å². The molecular formula is C18H24N4O5S. The zero-order chi connectivity index (χ0) is 20.5.